The van der Waals surface area contributed by atoms with Crippen LogP contribution in [-0.2, 0) is 44.6 Å². The van der Waals surface area contributed by atoms with Gasteiger partial charge >= 0.3 is 23.9 Å². The Kier molecular flexibility index (Phi) is 6.95. The van der Waals surface area contributed by atoms with E-state index in [2.05, 4.69) is 0 Å². The fraction of sp³-hybridized carbons (Fsp3) is 0.290. The molecule has 3 unspecified atom stereocenters. The van der Waals surface area contributed by atoms with Crippen molar-refractivity contribution < 1.29 is 62.4 Å². The van der Waals surface area contributed by atoms with Crippen molar-refractivity contribution in [3.05, 3.63) is 93.3 Å². The first-order chi connectivity index (χ1) is 22.0. The number of phenolic OH excluding ortho intramolecular Hbond substituents is 1. The van der Waals surface area contributed by atoms with Gasteiger partial charge in [-0.25, -0.2) is 4.18 Å². The average Bonchev–Trinajstić information content (AvgIpc) is 3.17. The van der Waals surface area contributed by atoms with Crippen molar-refractivity contribution in [3.8, 4) is 5.75 Å². The summed E-state index contributed by atoms with van der Waals surface area (Å²) in [6.07, 6.45) is 2.78. The summed E-state index contributed by atoms with van der Waals surface area (Å²) in [6, 6.07) is 8.07. The van der Waals surface area contributed by atoms with Gasteiger partial charge in [-0.1, -0.05) is 30.3 Å². The molecule has 0 spiro atoms. The number of carboxylic acids is 4. The van der Waals surface area contributed by atoms with Crippen molar-refractivity contribution in [3.63, 3.8) is 0 Å². The lowest BCUT2D eigenvalue weighted by Crippen LogP contribution is -2.80. The smallest absolute Gasteiger partial charge is 0.317 e. The summed E-state index contributed by atoms with van der Waals surface area (Å²) in [5.41, 5.74) is -7.22. The zero-order valence-electron chi connectivity index (χ0n) is 24.8. The summed E-state index contributed by atoms with van der Waals surface area (Å²) in [5, 5.41) is 63.5. The maximum absolute atomic E-state index is 14.2. The molecule has 0 fully saturated rings. The summed E-state index contributed by atoms with van der Waals surface area (Å²) in [6.45, 7) is -1.23. The number of aromatic hydroxyl groups is 1. The zero-order chi connectivity index (χ0) is 34.4. The molecule has 4 aliphatic carbocycles. The molecule has 6 N–H and O–H groups in total. The standard InChI is InChI=1S/C31H28N2O13S/c1-15-7-17-9-20(27(15)42)29(17,32(11-23(34)35)12-24(36)37)31(19-5-3-4-6-22(19)47(44,45)46-31)30(33(13-25(38)39)14-26(40)41)18-8-16(2)28(43)21(30)10-18/h3-10,42-43H,11-14H2,1-2H3,(H,34,35)(H,36,37)(H,38,39)(H,40,41). The molecule has 3 atom stereocenters. The minimum atomic E-state index is -4.88. The number of benzene rings is 2. The topological polar surface area (TPSA) is 240 Å². The van der Waals surface area contributed by atoms with Crippen LogP contribution in [0.15, 0.2) is 75.9 Å². The van der Waals surface area contributed by atoms with Gasteiger partial charge in [0.25, 0.3) is 10.1 Å². The Bertz CT molecular complexity index is 2000. The first kappa shape index (κ1) is 31.9. The summed E-state index contributed by atoms with van der Waals surface area (Å²) in [4.78, 5) is 51.1. The molecule has 15 nitrogen and oxygen atoms in total. The van der Waals surface area contributed by atoms with Crippen molar-refractivity contribution in [1.29, 1.82) is 0 Å². The van der Waals surface area contributed by atoms with Gasteiger partial charge in [-0.3, -0.25) is 29.0 Å². The van der Waals surface area contributed by atoms with Crippen LogP contribution in [0.3, 0.4) is 0 Å². The highest BCUT2D eigenvalue weighted by Crippen LogP contribution is 2.73. The molecule has 1 heterocycles. The van der Waals surface area contributed by atoms with E-state index in [1.807, 2.05) is 0 Å². The number of aliphatic hydroxyl groups is 1. The largest absolute Gasteiger partial charge is 0.507 e. The van der Waals surface area contributed by atoms with E-state index in [9.17, 15) is 58.2 Å². The Morgan fingerprint density at radius 1 is 0.766 bits per heavy atom. The van der Waals surface area contributed by atoms with Gasteiger partial charge in [0.2, 0.25) is 0 Å². The van der Waals surface area contributed by atoms with E-state index in [0.29, 0.717) is 0 Å². The van der Waals surface area contributed by atoms with Gasteiger partial charge in [0.1, 0.15) is 27.5 Å². The van der Waals surface area contributed by atoms with E-state index in [4.69, 9.17) is 4.18 Å². The van der Waals surface area contributed by atoms with Gasteiger partial charge in [0.05, 0.1) is 26.2 Å². The molecule has 2 aromatic carbocycles. The van der Waals surface area contributed by atoms with Crippen molar-refractivity contribution in [2.24, 2.45) is 0 Å². The first-order valence-corrected chi connectivity index (χ1v) is 15.5. The molecule has 0 saturated carbocycles. The Morgan fingerprint density at radius 2 is 1.30 bits per heavy atom. The Labute approximate surface area is 266 Å². The molecule has 0 saturated heterocycles. The average molecular weight is 669 g/mol. The molecular formula is C31H28N2O13S. The maximum atomic E-state index is 14.2. The molecule has 0 aromatic heterocycles. The lowest BCUT2D eigenvalue weighted by molar-refractivity contribution is -0.177. The highest BCUT2D eigenvalue weighted by molar-refractivity contribution is 7.87. The second-order valence-corrected chi connectivity index (χ2v) is 13.3. The number of rotatable bonds is 12. The van der Waals surface area contributed by atoms with Gasteiger partial charge < -0.3 is 30.6 Å². The van der Waals surface area contributed by atoms with Crippen LogP contribution in [0.4, 0.5) is 0 Å². The molecule has 16 heteroatoms. The van der Waals surface area contributed by atoms with E-state index < -0.39 is 93.3 Å². The molecular weight excluding hydrogens is 640 g/mol. The van der Waals surface area contributed by atoms with Crippen LogP contribution < -0.4 is 0 Å². The van der Waals surface area contributed by atoms with Crippen molar-refractivity contribution in [1.82, 2.24) is 9.80 Å². The van der Waals surface area contributed by atoms with Gasteiger partial charge in [0, 0.05) is 16.7 Å². The molecule has 2 aromatic rings. The SMILES string of the molecule is Cc1cc2cc(c1O)C2(N(CC(=O)O)CC(=O)O)C1(C2(N(CC(=O)O)CC(=O)O)c3cc(C)c(O)c2c3)OS(=O)(=O)c2ccccc21. The molecule has 4 bridgehead atoms. The van der Waals surface area contributed by atoms with Gasteiger partial charge in [-0.2, -0.15) is 8.42 Å². The minimum Gasteiger partial charge on any atom is -0.507 e. The number of carbonyl (C=O) groups is 4. The van der Waals surface area contributed by atoms with Crippen molar-refractivity contribution in [2.45, 2.75) is 35.4 Å². The number of aliphatic carboxylic acids is 4. The van der Waals surface area contributed by atoms with Crippen LogP contribution in [0.5, 0.6) is 5.75 Å². The predicted molar refractivity (Wildman–Crippen MR) is 158 cm³/mol. The maximum Gasteiger partial charge on any atom is 0.317 e. The number of fused-ring (bicyclic) bond motifs is 5. The van der Waals surface area contributed by atoms with Crippen LogP contribution in [0.2, 0.25) is 0 Å². The number of aliphatic hydroxyl groups excluding tert-OH is 1. The number of nitrogens with zero attached hydrogens (tertiary/aromatic N) is 2. The zero-order valence-corrected chi connectivity index (χ0v) is 25.6. The summed E-state index contributed by atoms with van der Waals surface area (Å²) in [5.74, 6) is -7.12. The lowest BCUT2D eigenvalue weighted by atomic mass is 9.45. The summed E-state index contributed by atoms with van der Waals surface area (Å²) >= 11 is 0. The van der Waals surface area contributed by atoms with E-state index in [1.165, 1.54) is 62.4 Å². The molecule has 246 valence electrons. The normalized spacial score (nSPS) is 26.2. The number of aryl methyl sites for hydroxylation is 1. The molecule has 5 aliphatic rings. The van der Waals surface area contributed by atoms with Crippen LogP contribution in [0.1, 0.15) is 29.2 Å². The highest BCUT2D eigenvalue weighted by Gasteiger charge is 2.81. The molecule has 0 radical (unpaired) electrons. The summed E-state index contributed by atoms with van der Waals surface area (Å²) in [7, 11) is -4.88. The van der Waals surface area contributed by atoms with Crippen LogP contribution in [0, 0.1) is 6.92 Å². The van der Waals surface area contributed by atoms with Gasteiger partial charge in [-0.05, 0) is 54.3 Å². The molecule has 7 rings (SSSR count). The van der Waals surface area contributed by atoms with E-state index >= 15 is 0 Å². The predicted octanol–water partition coefficient (Wildman–Crippen LogP) is 1.27. The lowest BCUT2D eigenvalue weighted by Gasteiger charge is -2.68. The van der Waals surface area contributed by atoms with E-state index in [0.717, 1.165) is 9.80 Å². The van der Waals surface area contributed by atoms with Gasteiger partial charge in [-0.15, -0.1) is 0 Å². The quantitative estimate of drug-likeness (QED) is 0.175. The van der Waals surface area contributed by atoms with Crippen LogP contribution in [0.25, 0.3) is 0 Å². The number of hydrogen-bond donors (Lipinski definition) is 6. The second-order valence-electron chi connectivity index (χ2n) is 11.8. The van der Waals surface area contributed by atoms with Crippen LogP contribution in [-0.4, -0.2) is 104 Å². The molecule has 0 amide bonds. The Morgan fingerprint density at radius 3 is 1.81 bits per heavy atom. The number of carboxylic acid groups (broad SMARTS) is 4. The third-order valence-corrected chi connectivity index (χ3v) is 10.6. The Hall–Kier alpha value is -5.03. The van der Waals surface area contributed by atoms with E-state index in [-0.39, 0.29) is 39.0 Å². The minimum absolute atomic E-state index is 0.0912. The van der Waals surface area contributed by atoms with Crippen molar-refractivity contribution in [2.75, 3.05) is 26.2 Å². The fourth-order valence-electron chi connectivity index (χ4n) is 7.86. The monoisotopic (exact) mass is 668 g/mol. The second kappa shape index (κ2) is 10.2. The first-order valence-electron chi connectivity index (χ1n) is 14.1. The van der Waals surface area contributed by atoms with Crippen LogP contribution >= 0.6 is 0 Å². The third-order valence-electron chi connectivity index (χ3n) is 9.26. The Balaban J connectivity index is 1.87. The van der Waals surface area contributed by atoms with E-state index in [1.54, 1.807) is 0 Å². The molecule has 1 aliphatic heterocycles. The number of allylic oxidation sites excluding steroid dienone is 2. The number of hydrogen-bond acceptors (Lipinski definition) is 11. The van der Waals surface area contributed by atoms with Gasteiger partial charge in [0.15, 0.2) is 5.60 Å². The highest BCUT2D eigenvalue weighted by atomic mass is 32.2. The number of phenols is 1. The third kappa shape index (κ3) is 3.92. The fourth-order valence-corrected chi connectivity index (χ4v) is 9.34. The molecule has 47 heavy (non-hydrogen) atoms. The van der Waals surface area contributed by atoms with Crippen molar-refractivity contribution >= 4 is 34.0 Å². The summed E-state index contributed by atoms with van der Waals surface area (Å²) < 4.78 is 34.5.